The normalized spacial score (nSPS) is 21.2. The summed E-state index contributed by atoms with van der Waals surface area (Å²) in [6.45, 7) is 3.91. The Morgan fingerprint density at radius 3 is 2.38 bits per heavy atom. The fourth-order valence-electron chi connectivity index (χ4n) is 5.29. The third-order valence-corrected chi connectivity index (χ3v) is 7.55. The highest BCUT2D eigenvalue weighted by Gasteiger charge is 2.46. The molecule has 2 aliphatic rings. The van der Waals surface area contributed by atoms with Crippen molar-refractivity contribution < 1.29 is 33.6 Å². The SMILES string of the molecule is CCOc1cc([C@H]2C(C(=O)OC)=C(C)N=C3C[C@H](c4ccc(OC)c(OC)c4)CC(=O)C32)cc(Br)c1O. The number of esters is 1. The summed E-state index contributed by atoms with van der Waals surface area (Å²) in [5.74, 6) is -0.488. The van der Waals surface area contributed by atoms with Gasteiger partial charge in [-0.2, -0.15) is 0 Å². The number of hydrogen-bond donors (Lipinski definition) is 1. The van der Waals surface area contributed by atoms with Crippen LogP contribution < -0.4 is 14.2 Å². The van der Waals surface area contributed by atoms with Gasteiger partial charge in [-0.15, -0.1) is 0 Å². The van der Waals surface area contributed by atoms with Crippen LogP contribution in [0.2, 0.25) is 0 Å². The first-order chi connectivity index (χ1) is 17.7. The molecule has 1 saturated carbocycles. The first kappa shape index (κ1) is 26.7. The van der Waals surface area contributed by atoms with E-state index in [1.165, 1.54) is 7.11 Å². The number of phenols is 1. The van der Waals surface area contributed by atoms with Crippen LogP contribution in [0.15, 0.2) is 51.1 Å². The molecule has 2 aromatic rings. The summed E-state index contributed by atoms with van der Waals surface area (Å²) in [5, 5.41) is 10.5. The van der Waals surface area contributed by atoms with Gasteiger partial charge in [-0.05, 0) is 77.5 Å². The monoisotopic (exact) mass is 571 g/mol. The lowest BCUT2D eigenvalue weighted by Crippen LogP contribution is -2.41. The minimum Gasteiger partial charge on any atom is -0.503 e. The van der Waals surface area contributed by atoms with E-state index in [-0.39, 0.29) is 29.6 Å². The molecular formula is C28H30BrNO7. The van der Waals surface area contributed by atoms with E-state index in [1.807, 2.05) is 25.1 Å². The molecule has 196 valence electrons. The highest BCUT2D eigenvalue weighted by molar-refractivity contribution is 9.10. The largest absolute Gasteiger partial charge is 0.503 e. The molecule has 8 nitrogen and oxygen atoms in total. The number of phenolic OH excluding ortho intramolecular Hbond substituents is 1. The van der Waals surface area contributed by atoms with Crippen molar-refractivity contribution in [2.45, 2.75) is 38.5 Å². The number of carbonyl (C=O) groups is 2. The van der Waals surface area contributed by atoms with Crippen molar-refractivity contribution in [2.75, 3.05) is 27.9 Å². The number of fused-ring (bicyclic) bond motifs is 1. The van der Waals surface area contributed by atoms with Crippen molar-refractivity contribution in [2.24, 2.45) is 10.9 Å². The van der Waals surface area contributed by atoms with Gasteiger partial charge < -0.3 is 24.1 Å². The number of hydrogen-bond acceptors (Lipinski definition) is 8. The van der Waals surface area contributed by atoms with E-state index in [4.69, 9.17) is 23.9 Å². The lowest BCUT2D eigenvalue weighted by atomic mass is 9.66. The molecule has 1 aliphatic heterocycles. The Hall–Kier alpha value is -3.33. The van der Waals surface area contributed by atoms with Crippen LogP contribution in [0, 0.1) is 5.92 Å². The molecule has 0 saturated heterocycles. The lowest BCUT2D eigenvalue weighted by Gasteiger charge is -2.38. The quantitative estimate of drug-likeness (QED) is 0.448. The van der Waals surface area contributed by atoms with Gasteiger partial charge in [-0.25, -0.2) is 4.79 Å². The molecule has 1 fully saturated rings. The Morgan fingerprint density at radius 1 is 1.03 bits per heavy atom. The Morgan fingerprint density at radius 2 is 1.73 bits per heavy atom. The number of ether oxygens (including phenoxy) is 4. The van der Waals surface area contributed by atoms with Gasteiger partial charge in [-0.3, -0.25) is 9.79 Å². The number of carbonyl (C=O) groups excluding carboxylic acids is 2. The molecule has 1 heterocycles. The molecule has 0 spiro atoms. The second kappa shape index (κ2) is 11.0. The minimum atomic E-state index is -0.639. The fraction of sp³-hybridized carbons (Fsp3) is 0.393. The predicted octanol–water partition coefficient (Wildman–Crippen LogP) is 5.32. The van der Waals surface area contributed by atoms with E-state index in [1.54, 1.807) is 33.3 Å². The molecule has 1 aliphatic carbocycles. The van der Waals surface area contributed by atoms with Gasteiger partial charge in [0.05, 0.1) is 43.9 Å². The lowest BCUT2D eigenvalue weighted by molar-refractivity contribution is -0.136. The summed E-state index contributed by atoms with van der Waals surface area (Å²) in [7, 11) is 4.47. The maximum absolute atomic E-state index is 13.8. The Bertz CT molecular complexity index is 1300. The van der Waals surface area contributed by atoms with Crippen LogP contribution in [0.4, 0.5) is 0 Å². The van der Waals surface area contributed by atoms with E-state index >= 15 is 0 Å². The van der Waals surface area contributed by atoms with Crippen molar-refractivity contribution in [3.63, 3.8) is 0 Å². The van der Waals surface area contributed by atoms with Gasteiger partial charge in [0.1, 0.15) is 5.78 Å². The fourth-order valence-corrected chi connectivity index (χ4v) is 5.75. The predicted molar refractivity (Wildman–Crippen MR) is 142 cm³/mol. The first-order valence-corrected chi connectivity index (χ1v) is 12.8. The van der Waals surface area contributed by atoms with Crippen LogP contribution in [0.3, 0.4) is 0 Å². The molecular weight excluding hydrogens is 542 g/mol. The molecule has 0 aromatic heterocycles. The van der Waals surface area contributed by atoms with E-state index in [9.17, 15) is 14.7 Å². The standard InChI is InChI=1S/C28H30BrNO7/c1-6-37-23-13-17(9-18(29)27(23)32)25-24(28(33)36-5)14(2)30-19-10-16(11-20(31)26(19)25)15-7-8-21(34-3)22(12-15)35-4/h7-9,12-13,16,25-26,32H,6,10-11H2,1-5H3/t16-,25-,26?/m0/s1. The zero-order chi connectivity index (χ0) is 26.9. The summed E-state index contributed by atoms with van der Waals surface area (Å²) in [6.07, 6.45) is 0.826. The smallest absolute Gasteiger partial charge is 0.336 e. The molecule has 0 bridgehead atoms. The number of nitrogens with zero attached hydrogens (tertiary/aromatic N) is 1. The Balaban J connectivity index is 1.81. The highest BCUT2D eigenvalue weighted by atomic mass is 79.9. The second-order valence-electron chi connectivity index (χ2n) is 9.02. The van der Waals surface area contributed by atoms with E-state index in [2.05, 4.69) is 15.9 Å². The number of benzene rings is 2. The number of halogens is 1. The molecule has 2 aromatic carbocycles. The number of aliphatic imine (C=N–C) groups is 1. The topological polar surface area (TPSA) is 104 Å². The van der Waals surface area contributed by atoms with Gasteiger partial charge in [0.15, 0.2) is 23.0 Å². The van der Waals surface area contributed by atoms with Gasteiger partial charge in [0.2, 0.25) is 0 Å². The third kappa shape index (κ3) is 4.97. The number of ketones is 1. The number of allylic oxidation sites excluding steroid dienone is 1. The summed E-state index contributed by atoms with van der Waals surface area (Å²) in [5.41, 5.74) is 3.16. The van der Waals surface area contributed by atoms with Crippen molar-refractivity contribution in [3.8, 4) is 23.0 Å². The highest BCUT2D eigenvalue weighted by Crippen LogP contribution is 2.49. The van der Waals surface area contributed by atoms with Crippen LogP contribution in [0.5, 0.6) is 23.0 Å². The van der Waals surface area contributed by atoms with Crippen LogP contribution in [0.1, 0.15) is 49.7 Å². The average molecular weight is 572 g/mol. The van der Waals surface area contributed by atoms with Gasteiger partial charge >= 0.3 is 5.97 Å². The molecule has 1 N–H and O–H groups in total. The van der Waals surface area contributed by atoms with Crippen LogP contribution in [0.25, 0.3) is 0 Å². The molecule has 0 radical (unpaired) electrons. The molecule has 4 rings (SSSR count). The summed E-state index contributed by atoms with van der Waals surface area (Å²) < 4.78 is 22.0. The van der Waals surface area contributed by atoms with Crippen LogP contribution in [-0.4, -0.2) is 50.5 Å². The number of aromatic hydroxyl groups is 1. The van der Waals surface area contributed by atoms with E-state index in [0.29, 0.717) is 51.5 Å². The van der Waals surface area contributed by atoms with E-state index in [0.717, 1.165) is 5.56 Å². The van der Waals surface area contributed by atoms with Crippen molar-refractivity contribution in [3.05, 3.63) is 57.2 Å². The molecule has 1 unspecified atom stereocenters. The Kier molecular flexibility index (Phi) is 7.92. The zero-order valence-corrected chi connectivity index (χ0v) is 23.0. The second-order valence-corrected chi connectivity index (χ2v) is 9.87. The molecule has 9 heteroatoms. The molecule has 37 heavy (non-hydrogen) atoms. The van der Waals surface area contributed by atoms with Crippen molar-refractivity contribution >= 4 is 33.4 Å². The first-order valence-electron chi connectivity index (χ1n) is 12.0. The Labute approximate surface area is 224 Å². The number of rotatable bonds is 7. The van der Waals surface area contributed by atoms with Gasteiger partial charge in [0.25, 0.3) is 0 Å². The maximum Gasteiger partial charge on any atom is 0.336 e. The third-order valence-electron chi connectivity index (χ3n) is 6.95. The van der Waals surface area contributed by atoms with Crippen LogP contribution in [-0.2, 0) is 14.3 Å². The summed E-state index contributed by atoms with van der Waals surface area (Å²) >= 11 is 3.39. The van der Waals surface area contributed by atoms with Gasteiger partial charge in [-0.1, -0.05) is 6.07 Å². The number of methoxy groups -OCH3 is 3. The average Bonchev–Trinajstić information content (AvgIpc) is 2.89. The summed E-state index contributed by atoms with van der Waals surface area (Å²) in [6, 6.07) is 9.07. The molecule has 0 amide bonds. The summed E-state index contributed by atoms with van der Waals surface area (Å²) in [4.78, 5) is 31.5. The maximum atomic E-state index is 13.8. The zero-order valence-electron chi connectivity index (χ0n) is 21.5. The molecule has 3 atom stereocenters. The van der Waals surface area contributed by atoms with Crippen molar-refractivity contribution in [1.82, 2.24) is 0 Å². The van der Waals surface area contributed by atoms with Crippen LogP contribution >= 0.6 is 15.9 Å². The number of Topliss-reactive ketones (excluding diaryl/α,β-unsaturated/α-hetero) is 1. The minimum absolute atomic E-state index is 0.0224. The van der Waals surface area contributed by atoms with E-state index < -0.39 is 17.8 Å². The van der Waals surface area contributed by atoms with Gasteiger partial charge in [0, 0.05) is 23.7 Å². The van der Waals surface area contributed by atoms with Crippen molar-refractivity contribution in [1.29, 1.82) is 0 Å².